The minimum atomic E-state index is -0.0802. The Labute approximate surface area is 176 Å². The van der Waals surface area contributed by atoms with Crippen molar-refractivity contribution < 1.29 is 9.53 Å². The third-order valence-electron chi connectivity index (χ3n) is 4.16. The maximum Gasteiger partial charge on any atom is 0.234 e. The Kier molecular flexibility index (Phi) is 6.74. The molecule has 0 fully saturated rings. The summed E-state index contributed by atoms with van der Waals surface area (Å²) in [6, 6.07) is 13.4. The van der Waals surface area contributed by atoms with E-state index in [0.29, 0.717) is 6.54 Å². The predicted molar refractivity (Wildman–Crippen MR) is 116 cm³/mol. The average molecular weight is 461 g/mol. The summed E-state index contributed by atoms with van der Waals surface area (Å²) in [5, 5.41) is 12.2. The second-order valence-corrected chi connectivity index (χ2v) is 7.88. The summed E-state index contributed by atoms with van der Waals surface area (Å²) < 4.78 is 8.22. The van der Waals surface area contributed by atoms with Crippen LogP contribution in [0.5, 0.6) is 5.75 Å². The van der Waals surface area contributed by atoms with Crippen LogP contribution in [-0.2, 0) is 11.3 Å². The second-order valence-electron chi connectivity index (χ2n) is 6.08. The van der Waals surface area contributed by atoms with Gasteiger partial charge in [-0.3, -0.25) is 4.79 Å². The number of anilines is 1. The van der Waals surface area contributed by atoms with Crippen molar-refractivity contribution in [3.8, 4) is 17.1 Å². The van der Waals surface area contributed by atoms with Crippen molar-refractivity contribution in [2.45, 2.75) is 25.5 Å². The van der Waals surface area contributed by atoms with Gasteiger partial charge in [0.1, 0.15) is 5.75 Å². The van der Waals surface area contributed by atoms with Crippen LogP contribution < -0.4 is 10.1 Å². The molecule has 3 aromatic rings. The molecule has 146 valence electrons. The standard InChI is InChI=1S/C20H21BrN4O2S/c1-4-25-19(14-5-8-16(27-3)9-6-14)23-24-20(25)28-12-18(26)22-15-7-10-17(21)13(2)11-15/h5-11H,4,12H2,1-3H3,(H,22,26). The topological polar surface area (TPSA) is 69.0 Å². The lowest BCUT2D eigenvalue weighted by molar-refractivity contribution is -0.113. The smallest absolute Gasteiger partial charge is 0.234 e. The second kappa shape index (κ2) is 9.25. The maximum absolute atomic E-state index is 12.3. The van der Waals surface area contributed by atoms with Gasteiger partial charge in [0, 0.05) is 22.3 Å². The molecule has 0 aliphatic carbocycles. The molecule has 3 rings (SSSR count). The molecule has 0 aliphatic heterocycles. The number of aryl methyl sites for hydroxylation is 1. The fraction of sp³-hybridized carbons (Fsp3) is 0.250. The summed E-state index contributed by atoms with van der Waals surface area (Å²) in [5.41, 5.74) is 2.80. The Morgan fingerprint density at radius 3 is 2.61 bits per heavy atom. The molecule has 2 aromatic carbocycles. The van der Waals surface area contributed by atoms with Gasteiger partial charge in [0.2, 0.25) is 5.91 Å². The molecule has 0 radical (unpaired) electrons. The van der Waals surface area contributed by atoms with E-state index in [1.54, 1.807) is 7.11 Å². The van der Waals surface area contributed by atoms with Crippen LogP contribution >= 0.6 is 27.7 Å². The van der Waals surface area contributed by atoms with E-state index in [1.807, 2.05) is 60.9 Å². The predicted octanol–water partition coefficient (Wildman–Crippen LogP) is 4.78. The number of hydrogen-bond donors (Lipinski definition) is 1. The number of rotatable bonds is 7. The molecule has 0 atom stereocenters. The molecule has 8 heteroatoms. The molecular formula is C20H21BrN4O2S. The highest BCUT2D eigenvalue weighted by molar-refractivity contribution is 9.10. The quantitative estimate of drug-likeness (QED) is 0.513. The van der Waals surface area contributed by atoms with Crippen molar-refractivity contribution in [2.24, 2.45) is 0 Å². The summed E-state index contributed by atoms with van der Waals surface area (Å²) in [5.74, 6) is 1.75. The Morgan fingerprint density at radius 2 is 1.96 bits per heavy atom. The number of aromatic nitrogens is 3. The number of ether oxygens (including phenoxy) is 1. The van der Waals surface area contributed by atoms with E-state index >= 15 is 0 Å². The normalized spacial score (nSPS) is 10.7. The molecule has 0 saturated carbocycles. The first kappa shape index (κ1) is 20.4. The zero-order valence-corrected chi connectivity index (χ0v) is 18.3. The molecule has 1 N–H and O–H groups in total. The van der Waals surface area contributed by atoms with E-state index in [9.17, 15) is 4.79 Å². The lowest BCUT2D eigenvalue weighted by Gasteiger charge is -2.09. The van der Waals surface area contributed by atoms with Crippen LogP contribution in [0.3, 0.4) is 0 Å². The van der Waals surface area contributed by atoms with E-state index in [-0.39, 0.29) is 11.7 Å². The van der Waals surface area contributed by atoms with Gasteiger partial charge in [0.25, 0.3) is 0 Å². The van der Waals surface area contributed by atoms with Crippen molar-refractivity contribution in [1.82, 2.24) is 14.8 Å². The fourth-order valence-corrected chi connectivity index (χ4v) is 3.73. The Morgan fingerprint density at radius 1 is 1.21 bits per heavy atom. The van der Waals surface area contributed by atoms with Crippen molar-refractivity contribution in [2.75, 3.05) is 18.2 Å². The number of thioether (sulfide) groups is 1. The minimum Gasteiger partial charge on any atom is -0.497 e. The van der Waals surface area contributed by atoms with Crippen molar-refractivity contribution >= 4 is 39.3 Å². The van der Waals surface area contributed by atoms with Crippen LogP contribution in [-0.4, -0.2) is 33.5 Å². The van der Waals surface area contributed by atoms with Crippen LogP contribution in [0.1, 0.15) is 12.5 Å². The summed E-state index contributed by atoms with van der Waals surface area (Å²) in [6.45, 7) is 4.73. The van der Waals surface area contributed by atoms with E-state index in [2.05, 4.69) is 31.4 Å². The average Bonchev–Trinajstić information content (AvgIpc) is 3.12. The molecule has 28 heavy (non-hydrogen) atoms. The first-order valence-corrected chi connectivity index (χ1v) is 10.6. The van der Waals surface area contributed by atoms with Crippen LogP contribution in [0.2, 0.25) is 0 Å². The number of nitrogens with one attached hydrogen (secondary N) is 1. The summed E-state index contributed by atoms with van der Waals surface area (Å²) in [6.07, 6.45) is 0. The van der Waals surface area contributed by atoms with Crippen LogP contribution in [0.15, 0.2) is 52.1 Å². The highest BCUT2D eigenvalue weighted by Gasteiger charge is 2.15. The number of nitrogens with zero attached hydrogens (tertiary/aromatic N) is 3. The molecule has 6 nitrogen and oxygen atoms in total. The molecular weight excluding hydrogens is 440 g/mol. The fourth-order valence-electron chi connectivity index (χ4n) is 2.68. The van der Waals surface area contributed by atoms with Gasteiger partial charge in [-0.25, -0.2) is 0 Å². The van der Waals surface area contributed by atoms with Crippen LogP contribution in [0, 0.1) is 6.92 Å². The number of carbonyl (C=O) groups excluding carboxylic acids is 1. The van der Waals surface area contributed by atoms with Gasteiger partial charge in [-0.05, 0) is 61.9 Å². The Balaban J connectivity index is 1.67. The lowest BCUT2D eigenvalue weighted by atomic mass is 10.2. The lowest BCUT2D eigenvalue weighted by Crippen LogP contribution is -2.14. The molecule has 0 aliphatic rings. The zero-order valence-electron chi connectivity index (χ0n) is 15.9. The van der Waals surface area contributed by atoms with Gasteiger partial charge in [-0.15, -0.1) is 10.2 Å². The van der Waals surface area contributed by atoms with Gasteiger partial charge in [0.05, 0.1) is 12.9 Å². The molecule has 1 amide bonds. The monoisotopic (exact) mass is 460 g/mol. The highest BCUT2D eigenvalue weighted by Crippen LogP contribution is 2.26. The first-order chi connectivity index (χ1) is 13.5. The van der Waals surface area contributed by atoms with Crippen LogP contribution in [0.25, 0.3) is 11.4 Å². The third-order valence-corrected chi connectivity index (χ3v) is 6.01. The minimum absolute atomic E-state index is 0.0802. The number of amides is 1. The van der Waals surface area contributed by atoms with Crippen LogP contribution in [0.4, 0.5) is 5.69 Å². The number of benzene rings is 2. The van der Waals surface area contributed by atoms with Gasteiger partial charge in [-0.2, -0.15) is 0 Å². The molecule has 1 aromatic heterocycles. The molecule has 0 saturated heterocycles. The molecule has 0 bridgehead atoms. The van der Waals surface area contributed by atoms with Crippen molar-refractivity contribution in [3.05, 3.63) is 52.5 Å². The van der Waals surface area contributed by atoms with E-state index < -0.39 is 0 Å². The summed E-state index contributed by atoms with van der Waals surface area (Å²) in [7, 11) is 1.64. The Bertz CT molecular complexity index is 973. The van der Waals surface area contributed by atoms with E-state index in [0.717, 1.165) is 38.0 Å². The van der Waals surface area contributed by atoms with Crippen molar-refractivity contribution in [1.29, 1.82) is 0 Å². The zero-order chi connectivity index (χ0) is 20.1. The van der Waals surface area contributed by atoms with Gasteiger partial charge >= 0.3 is 0 Å². The first-order valence-electron chi connectivity index (χ1n) is 8.78. The SMILES string of the molecule is CCn1c(SCC(=O)Nc2ccc(Br)c(C)c2)nnc1-c1ccc(OC)cc1. The van der Waals surface area contributed by atoms with Crippen molar-refractivity contribution in [3.63, 3.8) is 0 Å². The summed E-state index contributed by atoms with van der Waals surface area (Å²) >= 11 is 4.83. The molecule has 0 spiro atoms. The van der Waals surface area contributed by atoms with Gasteiger partial charge in [0.15, 0.2) is 11.0 Å². The third kappa shape index (κ3) is 4.74. The largest absolute Gasteiger partial charge is 0.497 e. The number of halogens is 1. The number of methoxy groups -OCH3 is 1. The Hall–Kier alpha value is -2.32. The highest BCUT2D eigenvalue weighted by atomic mass is 79.9. The number of carbonyl (C=O) groups is 1. The van der Waals surface area contributed by atoms with Gasteiger partial charge in [-0.1, -0.05) is 27.7 Å². The molecule has 1 heterocycles. The van der Waals surface area contributed by atoms with E-state index in [1.165, 1.54) is 11.8 Å². The number of hydrogen-bond acceptors (Lipinski definition) is 5. The van der Waals surface area contributed by atoms with E-state index in [4.69, 9.17) is 4.74 Å². The summed E-state index contributed by atoms with van der Waals surface area (Å²) in [4.78, 5) is 12.3. The van der Waals surface area contributed by atoms with Gasteiger partial charge < -0.3 is 14.6 Å². The maximum atomic E-state index is 12.3. The molecule has 0 unspecified atom stereocenters.